The van der Waals surface area contributed by atoms with Gasteiger partial charge in [0.15, 0.2) is 0 Å². The molecule has 0 saturated carbocycles. The van der Waals surface area contributed by atoms with Crippen LogP contribution in [0.2, 0.25) is 0 Å². The number of nitrogens with one attached hydrogen (secondary N) is 2. The van der Waals surface area contributed by atoms with Crippen molar-refractivity contribution in [2.45, 2.75) is 32.9 Å². The standard InChI is InChI=1S/C20H24N4O/c1-15(17-9-4-3-5-10-17)22-20(25)21-13-8-14-24-16(2)23-18-11-6-7-12-19(18)24/h3-7,9-12,15H,8,13-14H2,1-2H3,(H2,21,22,25). The Labute approximate surface area is 148 Å². The zero-order valence-electron chi connectivity index (χ0n) is 14.7. The van der Waals surface area contributed by atoms with Crippen molar-refractivity contribution in [2.24, 2.45) is 0 Å². The molecule has 130 valence electrons. The third-order valence-electron chi connectivity index (χ3n) is 4.34. The molecule has 0 saturated heterocycles. The molecule has 3 aromatic rings. The fourth-order valence-electron chi connectivity index (χ4n) is 2.99. The molecule has 1 heterocycles. The highest BCUT2D eigenvalue weighted by atomic mass is 16.2. The number of urea groups is 1. The molecule has 0 spiro atoms. The number of aryl methyl sites for hydroxylation is 2. The first kappa shape index (κ1) is 17.0. The summed E-state index contributed by atoms with van der Waals surface area (Å²) in [4.78, 5) is 16.6. The summed E-state index contributed by atoms with van der Waals surface area (Å²) >= 11 is 0. The Hall–Kier alpha value is -2.82. The molecular weight excluding hydrogens is 312 g/mol. The van der Waals surface area contributed by atoms with E-state index in [1.807, 2.05) is 62.4 Å². The van der Waals surface area contributed by atoms with Crippen LogP contribution in [0.4, 0.5) is 4.79 Å². The normalized spacial score (nSPS) is 12.1. The molecular formula is C20H24N4O. The molecule has 0 fully saturated rings. The average Bonchev–Trinajstić information content (AvgIpc) is 2.95. The van der Waals surface area contributed by atoms with Crippen LogP contribution >= 0.6 is 0 Å². The molecule has 0 aliphatic rings. The maximum absolute atomic E-state index is 12.0. The Kier molecular flexibility index (Phi) is 5.33. The zero-order valence-corrected chi connectivity index (χ0v) is 14.7. The number of aromatic nitrogens is 2. The predicted octanol–water partition coefficient (Wildman–Crippen LogP) is 3.80. The molecule has 0 radical (unpaired) electrons. The summed E-state index contributed by atoms with van der Waals surface area (Å²) in [5, 5.41) is 5.89. The number of rotatable bonds is 6. The minimum atomic E-state index is -0.136. The number of carbonyl (C=O) groups is 1. The molecule has 1 atom stereocenters. The van der Waals surface area contributed by atoms with Gasteiger partial charge in [0.05, 0.1) is 17.1 Å². The second kappa shape index (κ2) is 7.83. The van der Waals surface area contributed by atoms with Crippen LogP contribution in [0.15, 0.2) is 54.6 Å². The number of nitrogens with zero attached hydrogens (tertiary/aromatic N) is 2. The fourth-order valence-corrected chi connectivity index (χ4v) is 2.99. The van der Waals surface area contributed by atoms with Gasteiger partial charge in [0.2, 0.25) is 0 Å². The molecule has 2 aromatic carbocycles. The second-order valence-electron chi connectivity index (χ2n) is 6.19. The summed E-state index contributed by atoms with van der Waals surface area (Å²) in [5.41, 5.74) is 3.25. The fraction of sp³-hybridized carbons (Fsp3) is 0.300. The molecule has 1 aromatic heterocycles. The topological polar surface area (TPSA) is 59.0 Å². The molecule has 1 unspecified atom stereocenters. The van der Waals surface area contributed by atoms with Gasteiger partial charge < -0.3 is 15.2 Å². The number of imidazole rings is 1. The first-order valence-corrected chi connectivity index (χ1v) is 8.66. The third kappa shape index (κ3) is 4.18. The van der Waals surface area contributed by atoms with Crippen molar-refractivity contribution in [3.63, 3.8) is 0 Å². The number of amides is 2. The minimum absolute atomic E-state index is 0.0129. The van der Waals surface area contributed by atoms with E-state index in [1.165, 1.54) is 0 Å². The third-order valence-corrected chi connectivity index (χ3v) is 4.34. The van der Waals surface area contributed by atoms with Crippen LogP contribution in [-0.4, -0.2) is 22.1 Å². The van der Waals surface area contributed by atoms with Crippen LogP contribution in [0.1, 0.15) is 30.8 Å². The summed E-state index contributed by atoms with van der Waals surface area (Å²) in [6.07, 6.45) is 0.855. The lowest BCUT2D eigenvalue weighted by molar-refractivity contribution is 0.237. The van der Waals surface area contributed by atoms with E-state index in [9.17, 15) is 4.79 Å². The van der Waals surface area contributed by atoms with Crippen molar-refractivity contribution >= 4 is 17.1 Å². The van der Waals surface area contributed by atoms with Crippen molar-refractivity contribution in [3.8, 4) is 0 Å². The highest BCUT2D eigenvalue weighted by Gasteiger charge is 2.09. The molecule has 2 N–H and O–H groups in total. The van der Waals surface area contributed by atoms with E-state index in [1.54, 1.807) is 0 Å². The molecule has 25 heavy (non-hydrogen) atoms. The number of fused-ring (bicyclic) bond motifs is 1. The molecule has 2 amide bonds. The van der Waals surface area contributed by atoms with E-state index < -0.39 is 0 Å². The predicted molar refractivity (Wildman–Crippen MR) is 100 cm³/mol. The Bertz CT molecular complexity index is 841. The zero-order chi connectivity index (χ0) is 17.6. The number of benzene rings is 2. The van der Waals surface area contributed by atoms with Gasteiger partial charge in [0, 0.05) is 13.1 Å². The number of hydrogen-bond acceptors (Lipinski definition) is 2. The van der Waals surface area contributed by atoms with Gasteiger partial charge in [-0.25, -0.2) is 9.78 Å². The summed E-state index contributed by atoms with van der Waals surface area (Å²) < 4.78 is 2.20. The molecule has 5 heteroatoms. The van der Waals surface area contributed by atoms with Crippen LogP contribution in [0.5, 0.6) is 0 Å². The van der Waals surface area contributed by atoms with Gasteiger partial charge in [0.25, 0.3) is 0 Å². The van der Waals surface area contributed by atoms with E-state index in [-0.39, 0.29) is 12.1 Å². The maximum Gasteiger partial charge on any atom is 0.315 e. The van der Waals surface area contributed by atoms with Gasteiger partial charge in [-0.2, -0.15) is 0 Å². The Morgan fingerprint density at radius 3 is 2.64 bits per heavy atom. The highest BCUT2D eigenvalue weighted by Crippen LogP contribution is 2.15. The van der Waals surface area contributed by atoms with E-state index in [0.29, 0.717) is 6.54 Å². The van der Waals surface area contributed by atoms with Crippen LogP contribution < -0.4 is 10.6 Å². The van der Waals surface area contributed by atoms with Crippen LogP contribution in [0.25, 0.3) is 11.0 Å². The van der Waals surface area contributed by atoms with Gasteiger partial charge in [-0.1, -0.05) is 42.5 Å². The van der Waals surface area contributed by atoms with Crippen molar-refractivity contribution < 1.29 is 4.79 Å². The van der Waals surface area contributed by atoms with Crippen molar-refractivity contribution in [1.82, 2.24) is 20.2 Å². The van der Waals surface area contributed by atoms with E-state index in [0.717, 1.165) is 35.4 Å². The lowest BCUT2D eigenvalue weighted by atomic mass is 10.1. The molecule has 0 aliphatic carbocycles. The van der Waals surface area contributed by atoms with Crippen LogP contribution in [0.3, 0.4) is 0 Å². The molecule has 0 aliphatic heterocycles. The summed E-state index contributed by atoms with van der Waals surface area (Å²) in [6.45, 7) is 5.46. The van der Waals surface area contributed by atoms with E-state index in [2.05, 4.69) is 26.3 Å². The van der Waals surface area contributed by atoms with Gasteiger partial charge in [-0.3, -0.25) is 0 Å². The average molecular weight is 336 g/mol. The Balaban J connectivity index is 1.46. The largest absolute Gasteiger partial charge is 0.338 e. The Morgan fingerprint density at radius 1 is 1.12 bits per heavy atom. The molecule has 3 rings (SSSR count). The highest BCUT2D eigenvalue weighted by molar-refractivity contribution is 5.76. The SMILES string of the molecule is Cc1nc2ccccc2n1CCCNC(=O)NC(C)c1ccccc1. The van der Waals surface area contributed by atoms with Crippen molar-refractivity contribution in [2.75, 3.05) is 6.54 Å². The lowest BCUT2D eigenvalue weighted by Gasteiger charge is -2.15. The maximum atomic E-state index is 12.0. The quantitative estimate of drug-likeness (QED) is 0.673. The van der Waals surface area contributed by atoms with Gasteiger partial charge >= 0.3 is 6.03 Å². The summed E-state index contributed by atoms with van der Waals surface area (Å²) in [5.74, 6) is 1.00. The van der Waals surface area contributed by atoms with Gasteiger partial charge in [0.1, 0.15) is 5.82 Å². The molecule has 0 bridgehead atoms. The lowest BCUT2D eigenvalue weighted by Crippen LogP contribution is -2.37. The van der Waals surface area contributed by atoms with Gasteiger partial charge in [-0.05, 0) is 38.0 Å². The van der Waals surface area contributed by atoms with Crippen molar-refractivity contribution in [3.05, 3.63) is 66.0 Å². The Morgan fingerprint density at radius 2 is 1.84 bits per heavy atom. The van der Waals surface area contributed by atoms with Crippen LogP contribution in [-0.2, 0) is 6.54 Å². The summed E-state index contributed by atoms with van der Waals surface area (Å²) in [6, 6.07) is 17.9. The van der Waals surface area contributed by atoms with E-state index >= 15 is 0 Å². The number of para-hydroxylation sites is 2. The van der Waals surface area contributed by atoms with Gasteiger partial charge in [-0.15, -0.1) is 0 Å². The number of carbonyl (C=O) groups excluding carboxylic acids is 1. The second-order valence-corrected chi connectivity index (χ2v) is 6.19. The first-order valence-electron chi connectivity index (χ1n) is 8.66. The first-order chi connectivity index (χ1) is 12.1. The minimum Gasteiger partial charge on any atom is -0.338 e. The smallest absolute Gasteiger partial charge is 0.315 e. The van der Waals surface area contributed by atoms with E-state index in [4.69, 9.17) is 0 Å². The van der Waals surface area contributed by atoms with Crippen molar-refractivity contribution in [1.29, 1.82) is 0 Å². The number of hydrogen-bond donors (Lipinski definition) is 2. The monoisotopic (exact) mass is 336 g/mol. The molecule has 5 nitrogen and oxygen atoms in total. The summed E-state index contributed by atoms with van der Waals surface area (Å²) in [7, 11) is 0. The van der Waals surface area contributed by atoms with Crippen LogP contribution in [0, 0.1) is 6.92 Å².